The molecule has 3 atom stereocenters. The molecule has 0 radical (unpaired) electrons. The molecule has 0 spiro atoms. The fourth-order valence-electron chi connectivity index (χ4n) is 3.40. The number of sulfone groups is 1. The Morgan fingerprint density at radius 3 is 2.52 bits per heavy atom. The summed E-state index contributed by atoms with van der Waals surface area (Å²) in [6, 6.07) is 16.0. The molecule has 1 aliphatic carbocycles. The highest BCUT2D eigenvalue weighted by Gasteiger charge is 2.72. The average Bonchev–Trinajstić information content (AvgIpc) is 3.31. The zero-order chi connectivity index (χ0) is 18.1. The quantitative estimate of drug-likeness (QED) is 0.794. The molecule has 2 aromatic rings. The van der Waals surface area contributed by atoms with E-state index >= 15 is 0 Å². The zero-order valence-electron chi connectivity index (χ0n) is 13.7. The van der Waals surface area contributed by atoms with Crippen LogP contribution >= 0.6 is 0 Å². The van der Waals surface area contributed by atoms with Gasteiger partial charge < -0.3 is 4.74 Å². The van der Waals surface area contributed by atoms with Crippen LogP contribution in [0, 0.1) is 22.6 Å². The van der Waals surface area contributed by atoms with E-state index in [-0.39, 0.29) is 11.5 Å². The third-order valence-corrected chi connectivity index (χ3v) is 6.91. The lowest BCUT2D eigenvalue weighted by Gasteiger charge is -2.09. The summed E-state index contributed by atoms with van der Waals surface area (Å²) in [5.74, 6) is -1.08. The maximum atomic E-state index is 13.6. The molecule has 0 saturated heterocycles. The van der Waals surface area contributed by atoms with Gasteiger partial charge in [-0.05, 0) is 36.8 Å². The normalized spacial score (nSPS) is 25.3. The van der Waals surface area contributed by atoms with Crippen molar-refractivity contribution in [3.8, 4) is 6.07 Å². The number of hydrogen-bond donors (Lipinski definition) is 0. The Kier molecular flexibility index (Phi) is 4.63. The highest BCUT2D eigenvalue weighted by atomic mass is 32.2. The minimum absolute atomic E-state index is 0.00207. The Hall–Kier alpha value is -2.23. The minimum atomic E-state index is -3.75. The second-order valence-corrected chi connectivity index (χ2v) is 8.17. The van der Waals surface area contributed by atoms with Gasteiger partial charge in [0.2, 0.25) is 0 Å². The molecule has 0 amide bonds. The monoisotopic (exact) mass is 359 g/mol. The molecule has 0 aliphatic heterocycles. The topological polar surface area (TPSA) is 67.2 Å². The number of halogens is 1. The van der Waals surface area contributed by atoms with Gasteiger partial charge in [0.05, 0.1) is 22.8 Å². The zero-order valence-corrected chi connectivity index (χ0v) is 14.5. The van der Waals surface area contributed by atoms with Gasteiger partial charge in [0.15, 0.2) is 9.84 Å². The van der Waals surface area contributed by atoms with Gasteiger partial charge in [-0.1, -0.05) is 30.3 Å². The first-order valence-electron chi connectivity index (χ1n) is 8.01. The highest BCUT2D eigenvalue weighted by molar-refractivity contribution is 7.92. The van der Waals surface area contributed by atoms with Crippen LogP contribution in [0.25, 0.3) is 0 Å². The number of nitriles is 1. The molecule has 1 aliphatic rings. The summed E-state index contributed by atoms with van der Waals surface area (Å²) in [6.45, 7) is 2.15. The molecule has 130 valence electrons. The van der Waals surface area contributed by atoms with Crippen LogP contribution in [0.5, 0.6) is 0 Å². The van der Waals surface area contributed by atoms with Crippen LogP contribution in [0.4, 0.5) is 4.39 Å². The SMILES string of the molecule is CCOC[C@@]1(C#N)[C@H](S(=O)(=O)c2ccccc2)[C@@H]1c1cccc(F)c1. The predicted molar refractivity (Wildman–Crippen MR) is 91.1 cm³/mol. The van der Waals surface area contributed by atoms with Crippen molar-refractivity contribution in [2.45, 2.75) is 23.0 Å². The lowest BCUT2D eigenvalue weighted by molar-refractivity contribution is 0.117. The summed E-state index contributed by atoms with van der Waals surface area (Å²) in [6.07, 6.45) is 0. The summed E-state index contributed by atoms with van der Waals surface area (Å²) in [7, 11) is -3.75. The fraction of sp³-hybridized carbons (Fsp3) is 0.316. The molecule has 2 aromatic carbocycles. The third-order valence-electron chi connectivity index (χ3n) is 4.62. The maximum Gasteiger partial charge on any atom is 0.183 e. The van der Waals surface area contributed by atoms with Crippen molar-refractivity contribution in [1.82, 2.24) is 0 Å². The van der Waals surface area contributed by atoms with E-state index in [9.17, 15) is 18.1 Å². The molecule has 0 heterocycles. The molecule has 0 bridgehead atoms. The first-order valence-corrected chi connectivity index (χ1v) is 9.55. The Bertz CT molecular complexity index is 908. The smallest absolute Gasteiger partial charge is 0.183 e. The Balaban J connectivity index is 2.08. The standard InChI is InChI=1S/C19H18FNO3S/c1-2-24-13-19(12-21)17(14-7-6-8-15(20)11-14)18(19)25(22,23)16-9-4-3-5-10-16/h3-11,17-18H,2,13H2,1H3/t17-,18+,19+/m0/s1. The van der Waals surface area contributed by atoms with Gasteiger partial charge in [0.25, 0.3) is 0 Å². The van der Waals surface area contributed by atoms with Crippen molar-refractivity contribution in [1.29, 1.82) is 5.26 Å². The van der Waals surface area contributed by atoms with E-state index < -0.39 is 32.2 Å². The van der Waals surface area contributed by atoms with Crippen molar-refractivity contribution >= 4 is 9.84 Å². The first-order chi connectivity index (χ1) is 12.0. The summed E-state index contributed by atoms with van der Waals surface area (Å²) >= 11 is 0. The lowest BCUT2D eigenvalue weighted by Crippen LogP contribution is -2.19. The Labute approximate surface area is 146 Å². The van der Waals surface area contributed by atoms with Crippen LogP contribution in [-0.4, -0.2) is 26.9 Å². The van der Waals surface area contributed by atoms with Crippen molar-refractivity contribution < 1.29 is 17.5 Å². The van der Waals surface area contributed by atoms with E-state index in [1.165, 1.54) is 30.3 Å². The van der Waals surface area contributed by atoms with E-state index in [2.05, 4.69) is 6.07 Å². The molecule has 6 heteroatoms. The van der Waals surface area contributed by atoms with Crippen molar-refractivity contribution in [2.75, 3.05) is 13.2 Å². The molecular weight excluding hydrogens is 341 g/mol. The minimum Gasteiger partial charge on any atom is -0.380 e. The fourth-order valence-corrected chi connectivity index (χ4v) is 5.73. The second kappa shape index (κ2) is 6.58. The summed E-state index contributed by atoms with van der Waals surface area (Å²) < 4.78 is 45.3. The van der Waals surface area contributed by atoms with Crippen molar-refractivity contribution in [3.63, 3.8) is 0 Å². The molecule has 4 nitrogen and oxygen atoms in total. The van der Waals surface area contributed by atoms with Gasteiger partial charge in [0, 0.05) is 12.5 Å². The number of hydrogen-bond acceptors (Lipinski definition) is 4. The molecule has 0 N–H and O–H groups in total. The largest absolute Gasteiger partial charge is 0.380 e. The van der Waals surface area contributed by atoms with Crippen molar-refractivity contribution in [3.05, 3.63) is 66.0 Å². The lowest BCUT2D eigenvalue weighted by atomic mass is 10.0. The maximum absolute atomic E-state index is 13.6. The summed E-state index contributed by atoms with van der Waals surface area (Å²) in [4.78, 5) is 0.162. The van der Waals surface area contributed by atoms with E-state index in [0.717, 1.165) is 0 Å². The number of ether oxygens (including phenoxy) is 1. The van der Waals surface area contributed by atoms with Gasteiger partial charge in [0.1, 0.15) is 11.2 Å². The van der Waals surface area contributed by atoms with Gasteiger partial charge in [-0.2, -0.15) is 5.26 Å². The van der Waals surface area contributed by atoms with Gasteiger partial charge in [-0.3, -0.25) is 0 Å². The van der Waals surface area contributed by atoms with Crippen LogP contribution in [0.3, 0.4) is 0 Å². The van der Waals surface area contributed by atoms with Crippen LogP contribution in [0.2, 0.25) is 0 Å². The van der Waals surface area contributed by atoms with E-state index in [1.807, 2.05) is 0 Å². The molecule has 25 heavy (non-hydrogen) atoms. The molecular formula is C19H18FNO3S. The number of benzene rings is 2. The molecule has 0 aromatic heterocycles. The third kappa shape index (κ3) is 2.94. The molecule has 1 saturated carbocycles. The van der Waals surface area contributed by atoms with Gasteiger partial charge in [-0.15, -0.1) is 0 Å². The summed E-state index contributed by atoms with van der Waals surface area (Å²) in [5, 5.41) is 8.82. The van der Waals surface area contributed by atoms with E-state index in [0.29, 0.717) is 12.2 Å². The molecule has 0 unspecified atom stereocenters. The molecule has 3 rings (SSSR count). The van der Waals surface area contributed by atoms with E-state index in [4.69, 9.17) is 4.74 Å². The predicted octanol–water partition coefficient (Wildman–Crippen LogP) is 3.31. The van der Waals surface area contributed by atoms with Gasteiger partial charge >= 0.3 is 0 Å². The highest BCUT2D eigenvalue weighted by Crippen LogP contribution is 2.63. The first kappa shape index (κ1) is 17.6. The molecule has 1 fully saturated rings. The average molecular weight is 359 g/mol. The Morgan fingerprint density at radius 1 is 1.20 bits per heavy atom. The van der Waals surface area contributed by atoms with Crippen LogP contribution in [0.15, 0.2) is 59.5 Å². The van der Waals surface area contributed by atoms with Crippen LogP contribution < -0.4 is 0 Å². The second-order valence-electron chi connectivity index (χ2n) is 6.10. The Morgan fingerprint density at radius 2 is 1.92 bits per heavy atom. The van der Waals surface area contributed by atoms with Crippen LogP contribution in [-0.2, 0) is 14.6 Å². The van der Waals surface area contributed by atoms with Crippen LogP contribution in [0.1, 0.15) is 18.4 Å². The van der Waals surface area contributed by atoms with Crippen molar-refractivity contribution in [2.24, 2.45) is 5.41 Å². The summed E-state index contributed by atoms with van der Waals surface area (Å²) in [5.41, 5.74) is -0.705. The number of nitrogens with zero attached hydrogens (tertiary/aromatic N) is 1. The van der Waals surface area contributed by atoms with E-state index in [1.54, 1.807) is 31.2 Å². The van der Waals surface area contributed by atoms with Gasteiger partial charge in [-0.25, -0.2) is 12.8 Å². The number of rotatable bonds is 6.